The summed E-state index contributed by atoms with van der Waals surface area (Å²) in [6.45, 7) is 0.184. The summed E-state index contributed by atoms with van der Waals surface area (Å²) in [5, 5.41) is 37.4. The molecular formula is C27H27N3O8. The summed E-state index contributed by atoms with van der Waals surface area (Å²) in [6, 6.07) is 21.4. The Morgan fingerprint density at radius 1 is 0.921 bits per heavy atom. The number of nitrogens with one attached hydrogen (secondary N) is 1. The van der Waals surface area contributed by atoms with Crippen LogP contribution < -0.4 is 5.32 Å². The van der Waals surface area contributed by atoms with Crippen LogP contribution in [0.15, 0.2) is 78.9 Å². The van der Waals surface area contributed by atoms with Gasteiger partial charge in [-0.15, -0.1) is 0 Å². The Bertz CT molecular complexity index is 1280. The second-order valence-electron chi connectivity index (χ2n) is 9.29. The van der Waals surface area contributed by atoms with Gasteiger partial charge in [-0.3, -0.25) is 20.2 Å². The van der Waals surface area contributed by atoms with Crippen LogP contribution in [0.1, 0.15) is 30.1 Å². The molecule has 3 aromatic rings. The molecule has 0 radical (unpaired) electrons. The van der Waals surface area contributed by atoms with Crippen LogP contribution in [0.5, 0.6) is 0 Å². The summed E-state index contributed by atoms with van der Waals surface area (Å²) in [7, 11) is 0. The third-order valence-corrected chi connectivity index (χ3v) is 6.85. The van der Waals surface area contributed by atoms with Gasteiger partial charge in [0.1, 0.15) is 23.9 Å². The van der Waals surface area contributed by atoms with E-state index in [-0.39, 0.29) is 18.4 Å². The average molecular weight is 522 g/mol. The third-order valence-electron chi connectivity index (χ3n) is 6.85. The van der Waals surface area contributed by atoms with Gasteiger partial charge >= 0.3 is 0 Å². The van der Waals surface area contributed by atoms with E-state index in [4.69, 9.17) is 14.2 Å². The lowest BCUT2D eigenvalue weighted by atomic mass is 9.88. The number of nitrogens with zero attached hydrogens (tertiary/aromatic N) is 2. The lowest BCUT2D eigenvalue weighted by molar-refractivity contribution is -0.393. The van der Waals surface area contributed by atoms with Crippen LogP contribution in [0.25, 0.3) is 0 Å². The average Bonchev–Trinajstić information content (AvgIpc) is 2.94. The van der Waals surface area contributed by atoms with Gasteiger partial charge in [0.15, 0.2) is 6.29 Å². The number of benzene rings is 3. The van der Waals surface area contributed by atoms with Crippen molar-refractivity contribution in [1.82, 2.24) is 0 Å². The molecule has 0 spiro atoms. The number of ether oxygens (including phenoxy) is 3. The Morgan fingerprint density at radius 2 is 1.63 bits per heavy atom. The molecule has 2 aliphatic heterocycles. The Morgan fingerprint density at radius 3 is 2.32 bits per heavy atom. The SMILES string of the molecule is O=[N+]([O-])c1ccc(N[C@H]2[C@@H](OCc3ccccc3)O[C@H]3CC[C@H](c4ccccc4)O[C@H]3[C@H]2O)c([N+](=O)[O-])c1. The van der Waals surface area contributed by atoms with Crippen molar-refractivity contribution in [3.8, 4) is 0 Å². The summed E-state index contributed by atoms with van der Waals surface area (Å²) in [5.74, 6) is 0. The number of fused-ring (bicyclic) bond motifs is 1. The van der Waals surface area contributed by atoms with Gasteiger partial charge in [0.05, 0.1) is 34.7 Å². The fraction of sp³-hybridized carbons (Fsp3) is 0.333. The Labute approximate surface area is 218 Å². The van der Waals surface area contributed by atoms with Crippen LogP contribution in [0.3, 0.4) is 0 Å². The first-order chi connectivity index (χ1) is 18.4. The van der Waals surface area contributed by atoms with E-state index < -0.39 is 51.9 Å². The van der Waals surface area contributed by atoms with Crippen molar-refractivity contribution in [2.75, 3.05) is 5.32 Å². The van der Waals surface area contributed by atoms with E-state index in [9.17, 15) is 25.3 Å². The molecule has 0 aliphatic carbocycles. The largest absolute Gasteiger partial charge is 0.388 e. The molecule has 0 aromatic heterocycles. The maximum absolute atomic E-state index is 11.7. The van der Waals surface area contributed by atoms with Gasteiger partial charge in [0, 0.05) is 6.07 Å². The van der Waals surface area contributed by atoms with Crippen molar-refractivity contribution in [2.45, 2.75) is 56.2 Å². The quantitative estimate of drug-likeness (QED) is 0.323. The number of nitro benzene ring substituents is 2. The molecule has 2 N–H and O–H groups in total. The first-order valence-electron chi connectivity index (χ1n) is 12.3. The maximum Gasteiger partial charge on any atom is 0.299 e. The highest BCUT2D eigenvalue weighted by molar-refractivity contribution is 5.66. The van der Waals surface area contributed by atoms with Gasteiger partial charge in [-0.25, -0.2) is 0 Å². The summed E-state index contributed by atoms with van der Waals surface area (Å²) in [6.07, 6.45) is -2.23. The lowest BCUT2D eigenvalue weighted by Gasteiger charge is -2.48. The molecule has 11 heteroatoms. The molecule has 11 nitrogen and oxygen atoms in total. The van der Waals surface area contributed by atoms with Crippen molar-refractivity contribution in [2.24, 2.45) is 0 Å². The zero-order chi connectivity index (χ0) is 26.6. The van der Waals surface area contributed by atoms with Gasteiger partial charge in [0.2, 0.25) is 0 Å². The molecule has 2 saturated heterocycles. The third kappa shape index (κ3) is 5.50. The monoisotopic (exact) mass is 521 g/mol. The van der Waals surface area contributed by atoms with Crippen molar-refractivity contribution >= 4 is 17.1 Å². The van der Waals surface area contributed by atoms with Crippen LogP contribution in [-0.2, 0) is 20.8 Å². The molecule has 2 fully saturated rings. The molecule has 2 heterocycles. The normalized spacial score (nSPS) is 26.8. The number of aliphatic hydroxyl groups excluding tert-OH is 1. The number of hydrogen-bond acceptors (Lipinski definition) is 9. The van der Waals surface area contributed by atoms with Gasteiger partial charge in [-0.05, 0) is 30.0 Å². The number of nitro groups is 2. The van der Waals surface area contributed by atoms with E-state index >= 15 is 0 Å². The Kier molecular flexibility index (Phi) is 7.61. The number of anilines is 1. The second-order valence-corrected chi connectivity index (χ2v) is 9.29. The number of rotatable bonds is 8. The zero-order valence-electron chi connectivity index (χ0n) is 20.3. The molecule has 3 aromatic carbocycles. The van der Waals surface area contributed by atoms with Crippen molar-refractivity contribution in [1.29, 1.82) is 0 Å². The fourth-order valence-electron chi connectivity index (χ4n) is 4.94. The first kappa shape index (κ1) is 25.7. The number of hydrogen-bond donors (Lipinski definition) is 2. The predicted octanol–water partition coefficient (Wildman–Crippen LogP) is 4.51. The van der Waals surface area contributed by atoms with Gasteiger partial charge in [-0.2, -0.15) is 0 Å². The van der Waals surface area contributed by atoms with Crippen LogP contribution in [0.2, 0.25) is 0 Å². The molecule has 38 heavy (non-hydrogen) atoms. The minimum Gasteiger partial charge on any atom is -0.388 e. The van der Waals surface area contributed by atoms with E-state index in [1.807, 2.05) is 60.7 Å². The smallest absolute Gasteiger partial charge is 0.299 e. The van der Waals surface area contributed by atoms with Gasteiger partial charge in [-0.1, -0.05) is 60.7 Å². The lowest BCUT2D eigenvalue weighted by Crippen LogP contribution is -2.62. The molecule has 2 aliphatic rings. The van der Waals surface area contributed by atoms with Crippen molar-refractivity contribution in [3.05, 3.63) is 110 Å². The second kappa shape index (κ2) is 11.2. The standard InChI is InChI=1S/C27H27N3O8/c31-25-24(28-20-12-11-19(29(32)33)15-21(20)30(34)35)27(36-16-17-7-3-1-4-8-17)38-23-14-13-22(37-26(23)25)18-9-5-2-6-10-18/h1-12,15,22-28,31H,13-14,16H2/t22-,23+,24-,25+,26-,27+/m1/s1. The molecule has 0 saturated carbocycles. The summed E-state index contributed by atoms with van der Waals surface area (Å²) < 4.78 is 18.6. The van der Waals surface area contributed by atoms with Crippen LogP contribution in [-0.4, -0.2) is 45.6 Å². The molecule has 198 valence electrons. The Hall–Kier alpha value is -3.90. The number of non-ortho nitro benzene ring substituents is 1. The minimum atomic E-state index is -1.16. The fourth-order valence-corrected chi connectivity index (χ4v) is 4.94. The van der Waals surface area contributed by atoms with Crippen molar-refractivity contribution < 1.29 is 29.2 Å². The highest BCUT2D eigenvalue weighted by atomic mass is 16.7. The molecule has 0 amide bonds. The van der Waals surface area contributed by atoms with Gasteiger partial charge in [0.25, 0.3) is 11.4 Å². The van der Waals surface area contributed by atoms with E-state index in [1.165, 1.54) is 6.07 Å². The van der Waals surface area contributed by atoms with E-state index in [1.54, 1.807) is 0 Å². The van der Waals surface area contributed by atoms with Crippen molar-refractivity contribution in [3.63, 3.8) is 0 Å². The molecular weight excluding hydrogens is 494 g/mol. The van der Waals surface area contributed by atoms with E-state index in [0.29, 0.717) is 12.8 Å². The zero-order valence-corrected chi connectivity index (χ0v) is 20.3. The molecule has 5 rings (SSSR count). The predicted molar refractivity (Wildman–Crippen MR) is 136 cm³/mol. The highest BCUT2D eigenvalue weighted by Crippen LogP contribution is 2.40. The number of aliphatic hydroxyl groups is 1. The highest BCUT2D eigenvalue weighted by Gasteiger charge is 2.49. The first-order valence-corrected chi connectivity index (χ1v) is 12.3. The van der Waals surface area contributed by atoms with E-state index in [0.717, 1.165) is 23.3 Å². The summed E-state index contributed by atoms with van der Waals surface area (Å²) in [5.41, 5.74) is 0.950. The van der Waals surface area contributed by atoms with Crippen LogP contribution in [0, 0.1) is 20.2 Å². The van der Waals surface area contributed by atoms with Crippen LogP contribution >= 0.6 is 0 Å². The Balaban J connectivity index is 1.42. The van der Waals surface area contributed by atoms with Crippen LogP contribution in [0.4, 0.5) is 17.1 Å². The molecule has 0 bridgehead atoms. The summed E-state index contributed by atoms with van der Waals surface area (Å²) in [4.78, 5) is 21.5. The van der Waals surface area contributed by atoms with E-state index in [2.05, 4.69) is 5.32 Å². The minimum absolute atomic E-state index is 0.00423. The molecule has 6 atom stereocenters. The summed E-state index contributed by atoms with van der Waals surface area (Å²) >= 11 is 0. The maximum atomic E-state index is 11.7. The van der Waals surface area contributed by atoms with Gasteiger partial charge < -0.3 is 24.6 Å². The topological polar surface area (TPSA) is 146 Å². The molecule has 0 unspecified atom stereocenters.